The predicted molar refractivity (Wildman–Crippen MR) is 139 cm³/mol. The maximum atomic E-state index is 13.8. The second-order valence-electron chi connectivity index (χ2n) is 10.8. The first kappa shape index (κ1) is 29.7. The lowest BCUT2D eigenvalue weighted by molar-refractivity contribution is -0.384. The van der Waals surface area contributed by atoms with Crippen molar-refractivity contribution in [1.82, 2.24) is 5.32 Å². The highest BCUT2D eigenvalue weighted by Gasteiger charge is 2.43. The van der Waals surface area contributed by atoms with Gasteiger partial charge in [-0.1, -0.05) is 26.0 Å². The van der Waals surface area contributed by atoms with E-state index in [-0.39, 0.29) is 17.2 Å². The fraction of sp³-hybridized carbons (Fsp3) is 0.556. The van der Waals surface area contributed by atoms with Crippen LogP contribution in [0.1, 0.15) is 73.8 Å². The summed E-state index contributed by atoms with van der Waals surface area (Å²) in [5.74, 6) is -4.02. The minimum absolute atomic E-state index is 0.131. The second-order valence-corrected chi connectivity index (χ2v) is 10.8. The lowest BCUT2D eigenvalue weighted by Crippen LogP contribution is -2.49. The van der Waals surface area contributed by atoms with Crippen molar-refractivity contribution in [3.05, 3.63) is 51.2 Å². The summed E-state index contributed by atoms with van der Waals surface area (Å²) >= 11 is 0. The van der Waals surface area contributed by atoms with Gasteiger partial charge in [0.25, 0.3) is 5.69 Å². The van der Waals surface area contributed by atoms with Gasteiger partial charge in [0.2, 0.25) is 5.91 Å². The molecule has 3 atom stereocenters. The number of esters is 2. The molecule has 0 fully saturated rings. The first-order valence-electron chi connectivity index (χ1n) is 12.3. The Kier molecular flexibility index (Phi) is 9.35. The monoisotopic (exact) mass is 515 g/mol. The molecule has 0 spiro atoms. The summed E-state index contributed by atoms with van der Waals surface area (Å²) < 4.78 is 11.0. The highest BCUT2D eigenvalue weighted by atomic mass is 16.6. The zero-order chi connectivity index (χ0) is 28.2. The standard InChI is InChI=1S/C27H37N3O7/c1-14(2)23(26(33)37-27(7,8)9)29-24(31)20-16(5)28-17(6)21(25(32)36-15(3)4)22(20)18-11-10-12-19(13-18)30(34)35/h10-15,21-23H,1-9H3,(H,29,31). The van der Waals surface area contributed by atoms with Crippen LogP contribution in [0.5, 0.6) is 0 Å². The number of aliphatic imine (C=N–C) groups is 1. The van der Waals surface area contributed by atoms with Crippen LogP contribution in [0, 0.1) is 22.0 Å². The van der Waals surface area contributed by atoms with Crippen LogP contribution in [-0.2, 0) is 23.9 Å². The third-order valence-electron chi connectivity index (χ3n) is 5.73. The zero-order valence-electron chi connectivity index (χ0n) is 22.9. The van der Waals surface area contributed by atoms with Gasteiger partial charge in [-0.2, -0.15) is 0 Å². The van der Waals surface area contributed by atoms with Crippen LogP contribution in [0.3, 0.4) is 0 Å². The first-order chi connectivity index (χ1) is 17.0. The summed E-state index contributed by atoms with van der Waals surface area (Å²) in [4.78, 5) is 55.3. The lowest BCUT2D eigenvalue weighted by Gasteiger charge is -2.33. The second kappa shape index (κ2) is 11.7. The number of nitro benzene ring substituents is 1. The minimum atomic E-state index is -0.993. The van der Waals surface area contributed by atoms with Gasteiger partial charge in [-0.05, 0) is 59.9 Å². The van der Waals surface area contributed by atoms with E-state index in [1.807, 2.05) is 0 Å². The molecular formula is C27H37N3O7. The number of rotatable bonds is 8. The maximum absolute atomic E-state index is 13.8. The molecule has 0 bridgehead atoms. The van der Waals surface area contributed by atoms with Crippen LogP contribution in [0.25, 0.3) is 0 Å². The highest BCUT2D eigenvalue weighted by molar-refractivity contribution is 6.08. The number of amides is 1. The van der Waals surface area contributed by atoms with Crippen molar-refractivity contribution in [3.8, 4) is 0 Å². The number of nitrogens with one attached hydrogen (secondary N) is 1. The number of nitro groups is 1. The van der Waals surface area contributed by atoms with E-state index in [4.69, 9.17) is 9.47 Å². The Morgan fingerprint density at radius 3 is 2.24 bits per heavy atom. The molecule has 3 unspecified atom stereocenters. The third-order valence-corrected chi connectivity index (χ3v) is 5.73. The number of carbonyl (C=O) groups is 3. The number of benzene rings is 1. The van der Waals surface area contributed by atoms with Crippen molar-refractivity contribution in [3.63, 3.8) is 0 Å². The number of nitrogens with zero attached hydrogens (tertiary/aromatic N) is 2. The van der Waals surface area contributed by atoms with Gasteiger partial charge < -0.3 is 14.8 Å². The van der Waals surface area contributed by atoms with Gasteiger partial charge in [0, 0.05) is 35.0 Å². The molecule has 1 aliphatic rings. The summed E-state index contributed by atoms with van der Waals surface area (Å²) in [6.45, 7) is 15.5. The molecule has 1 amide bonds. The average molecular weight is 516 g/mol. The fourth-order valence-electron chi connectivity index (χ4n) is 4.22. The van der Waals surface area contributed by atoms with E-state index in [0.717, 1.165) is 0 Å². The van der Waals surface area contributed by atoms with Crippen LogP contribution in [-0.4, -0.2) is 46.2 Å². The molecular weight excluding hydrogens is 478 g/mol. The van der Waals surface area contributed by atoms with Gasteiger partial charge in [0.05, 0.1) is 11.0 Å². The van der Waals surface area contributed by atoms with Crippen molar-refractivity contribution in [1.29, 1.82) is 0 Å². The smallest absolute Gasteiger partial charge is 0.329 e. The molecule has 1 aromatic carbocycles. The third kappa shape index (κ3) is 7.47. The normalized spacial score (nSPS) is 18.8. The highest BCUT2D eigenvalue weighted by Crippen LogP contribution is 2.40. The molecule has 1 N–H and O–H groups in total. The minimum Gasteiger partial charge on any atom is -0.462 e. The molecule has 2 rings (SSSR count). The van der Waals surface area contributed by atoms with Gasteiger partial charge in [-0.25, -0.2) is 4.79 Å². The lowest BCUT2D eigenvalue weighted by atomic mass is 9.75. The van der Waals surface area contributed by atoms with E-state index in [1.54, 1.807) is 68.4 Å². The van der Waals surface area contributed by atoms with E-state index in [9.17, 15) is 24.5 Å². The molecule has 0 aliphatic carbocycles. The van der Waals surface area contributed by atoms with Crippen LogP contribution >= 0.6 is 0 Å². The first-order valence-corrected chi connectivity index (χ1v) is 12.3. The Morgan fingerprint density at radius 1 is 1.11 bits per heavy atom. The Morgan fingerprint density at radius 2 is 1.73 bits per heavy atom. The number of allylic oxidation sites excluding steroid dienone is 1. The van der Waals surface area contributed by atoms with E-state index in [1.165, 1.54) is 18.2 Å². The van der Waals surface area contributed by atoms with E-state index in [2.05, 4.69) is 10.3 Å². The van der Waals surface area contributed by atoms with Crippen molar-refractivity contribution < 1.29 is 28.8 Å². The summed E-state index contributed by atoms with van der Waals surface area (Å²) in [6, 6.07) is 4.84. The summed E-state index contributed by atoms with van der Waals surface area (Å²) in [5, 5.41) is 14.3. The number of non-ortho nitro benzene ring substituents is 1. The molecule has 1 aliphatic heterocycles. The molecule has 0 saturated heterocycles. The molecule has 10 heteroatoms. The molecule has 0 radical (unpaired) electrons. The average Bonchev–Trinajstić information content (AvgIpc) is 2.74. The predicted octanol–water partition coefficient (Wildman–Crippen LogP) is 4.48. The topological polar surface area (TPSA) is 137 Å². The number of hydrogen-bond donors (Lipinski definition) is 1. The summed E-state index contributed by atoms with van der Waals surface area (Å²) in [7, 11) is 0. The summed E-state index contributed by atoms with van der Waals surface area (Å²) in [6.07, 6.45) is -0.423. The SMILES string of the molecule is CC1=NC(C)=C(C(=O)NC(C(=O)OC(C)(C)C)C(C)C)C(c2cccc([N+](=O)[O-])c2)C1C(=O)OC(C)C. The van der Waals surface area contributed by atoms with Crippen molar-refractivity contribution in [2.75, 3.05) is 0 Å². The number of hydrogen-bond acceptors (Lipinski definition) is 8. The summed E-state index contributed by atoms with van der Waals surface area (Å²) in [5.41, 5.74) is 0.339. The quantitative estimate of drug-likeness (QED) is 0.306. The van der Waals surface area contributed by atoms with Crippen LogP contribution in [0.15, 0.2) is 40.5 Å². The van der Waals surface area contributed by atoms with E-state index in [0.29, 0.717) is 17.0 Å². The zero-order valence-corrected chi connectivity index (χ0v) is 22.9. The Bertz CT molecular complexity index is 1130. The fourth-order valence-corrected chi connectivity index (χ4v) is 4.22. The van der Waals surface area contributed by atoms with Crippen molar-refractivity contribution >= 4 is 29.2 Å². The number of carbonyl (C=O) groups excluding carboxylic acids is 3. The number of ether oxygens (including phenoxy) is 2. The molecule has 1 heterocycles. The molecule has 202 valence electrons. The Hall–Kier alpha value is -3.56. The van der Waals surface area contributed by atoms with Gasteiger partial charge in [-0.15, -0.1) is 0 Å². The van der Waals surface area contributed by atoms with E-state index >= 15 is 0 Å². The van der Waals surface area contributed by atoms with Crippen molar-refractivity contribution in [2.45, 2.75) is 86.0 Å². The largest absolute Gasteiger partial charge is 0.462 e. The van der Waals surface area contributed by atoms with Crippen LogP contribution in [0.2, 0.25) is 0 Å². The molecule has 37 heavy (non-hydrogen) atoms. The van der Waals surface area contributed by atoms with E-state index < -0.39 is 52.4 Å². The van der Waals surface area contributed by atoms with Gasteiger partial charge in [0.1, 0.15) is 17.6 Å². The Balaban J connectivity index is 2.63. The van der Waals surface area contributed by atoms with Gasteiger partial charge in [0.15, 0.2) is 0 Å². The molecule has 10 nitrogen and oxygen atoms in total. The van der Waals surface area contributed by atoms with Gasteiger partial charge >= 0.3 is 11.9 Å². The Labute approximate surface area is 217 Å². The van der Waals surface area contributed by atoms with Crippen LogP contribution < -0.4 is 5.32 Å². The molecule has 0 aromatic heterocycles. The maximum Gasteiger partial charge on any atom is 0.329 e. The molecule has 1 aromatic rings. The molecule has 0 saturated carbocycles. The van der Waals surface area contributed by atoms with Crippen LogP contribution in [0.4, 0.5) is 5.69 Å². The van der Waals surface area contributed by atoms with Crippen molar-refractivity contribution in [2.24, 2.45) is 16.8 Å². The van der Waals surface area contributed by atoms with Gasteiger partial charge in [-0.3, -0.25) is 24.7 Å².